The van der Waals surface area contributed by atoms with Gasteiger partial charge >= 0.3 is 0 Å². The van der Waals surface area contributed by atoms with E-state index in [9.17, 15) is 15.5 Å². The van der Waals surface area contributed by atoms with Gasteiger partial charge in [0.25, 0.3) is 0 Å². The normalized spacial score (nSPS) is 12.0. The molecule has 2 N–H and O–H groups in total. The van der Waals surface area contributed by atoms with Crippen LogP contribution in [-0.2, 0) is 7.05 Å². The van der Waals surface area contributed by atoms with Crippen molar-refractivity contribution in [1.29, 1.82) is 5.26 Å². The molecule has 7 nitrogen and oxygen atoms in total. The summed E-state index contributed by atoms with van der Waals surface area (Å²) in [6.45, 7) is -0.439. The molecule has 0 aliphatic carbocycles. The van der Waals surface area contributed by atoms with Crippen LogP contribution in [0, 0.1) is 11.3 Å². The molecule has 30 heavy (non-hydrogen) atoms. The van der Waals surface area contributed by atoms with Gasteiger partial charge in [-0.1, -0.05) is 11.6 Å². The van der Waals surface area contributed by atoms with Crippen LogP contribution in [0.2, 0.25) is 5.02 Å². The number of aliphatic hydroxyl groups is 2. The quantitative estimate of drug-likeness (QED) is 0.506. The fraction of sp³-hybridized carbons (Fsp3) is 0.136. The molecule has 0 unspecified atom stereocenters. The molecule has 0 fully saturated rings. The van der Waals surface area contributed by atoms with E-state index in [4.69, 9.17) is 16.3 Å². The van der Waals surface area contributed by atoms with Crippen LogP contribution in [0.15, 0.2) is 54.7 Å². The van der Waals surface area contributed by atoms with Gasteiger partial charge < -0.3 is 14.9 Å². The number of hydrogen-bond donors (Lipinski definition) is 2. The third kappa shape index (κ3) is 3.72. The number of aromatic nitrogens is 3. The first-order chi connectivity index (χ1) is 14.5. The van der Waals surface area contributed by atoms with E-state index in [-0.39, 0.29) is 5.69 Å². The SMILES string of the molecule is Cn1ncc2c(Oc3ccc(-c4cc([C@H](O)CO)cc(C#N)n4)cc3)ccc(Cl)c21. The standard InChI is InChI=1S/C22H17ClN4O3/c1-27-22-17(11-25-27)21(7-6-18(22)23)30-16-4-2-13(3-5-16)19-9-14(20(29)12-28)8-15(10-24)26-19/h2-9,11,20,28-29H,12H2,1H3/t20-/m1/s1. The number of nitriles is 1. The highest BCUT2D eigenvalue weighted by molar-refractivity contribution is 6.35. The van der Waals surface area contributed by atoms with Gasteiger partial charge in [0.05, 0.1) is 34.4 Å². The van der Waals surface area contributed by atoms with Crippen molar-refractivity contribution >= 4 is 22.5 Å². The first-order valence-electron chi connectivity index (χ1n) is 9.09. The maximum atomic E-state index is 9.91. The van der Waals surface area contributed by atoms with E-state index < -0.39 is 12.7 Å². The molecule has 2 aromatic carbocycles. The molecule has 0 saturated carbocycles. The van der Waals surface area contributed by atoms with E-state index in [1.165, 1.54) is 6.07 Å². The molecule has 0 aliphatic heterocycles. The minimum Gasteiger partial charge on any atom is -0.457 e. The number of rotatable bonds is 5. The third-order valence-corrected chi connectivity index (χ3v) is 5.01. The number of nitrogens with zero attached hydrogens (tertiary/aromatic N) is 4. The first-order valence-corrected chi connectivity index (χ1v) is 9.47. The van der Waals surface area contributed by atoms with Crippen molar-refractivity contribution in [2.75, 3.05) is 6.61 Å². The summed E-state index contributed by atoms with van der Waals surface area (Å²) in [6, 6.07) is 15.8. The Morgan fingerprint density at radius 1 is 1.20 bits per heavy atom. The van der Waals surface area contributed by atoms with Crippen molar-refractivity contribution in [2.24, 2.45) is 7.05 Å². The van der Waals surface area contributed by atoms with Crippen LogP contribution in [0.3, 0.4) is 0 Å². The second-order valence-corrected chi connectivity index (χ2v) is 7.09. The summed E-state index contributed by atoms with van der Waals surface area (Å²) in [7, 11) is 1.82. The van der Waals surface area contributed by atoms with Gasteiger partial charge in [0, 0.05) is 12.6 Å². The van der Waals surface area contributed by atoms with E-state index >= 15 is 0 Å². The van der Waals surface area contributed by atoms with Gasteiger partial charge in [-0.2, -0.15) is 10.4 Å². The Morgan fingerprint density at radius 2 is 1.97 bits per heavy atom. The van der Waals surface area contributed by atoms with E-state index in [2.05, 4.69) is 10.1 Å². The molecule has 0 radical (unpaired) electrons. The van der Waals surface area contributed by atoms with E-state index in [1.54, 1.807) is 41.2 Å². The molecule has 8 heteroatoms. The molecule has 0 amide bonds. The topological polar surface area (TPSA) is 104 Å². The Labute approximate surface area is 177 Å². The summed E-state index contributed by atoms with van der Waals surface area (Å²) in [5.41, 5.74) is 2.64. The summed E-state index contributed by atoms with van der Waals surface area (Å²) in [6.07, 6.45) is 0.629. The lowest BCUT2D eigenvalue weighted by Crippen LogP contribution is -2.04. The molecule has 0 spiro atoms. The lowest BCUT2D eigenvalue weighted by atomic mass is 10.0. The number of aliphatic hydroxyl groups excluding tert-OH is 2. The van der Waals surface area contributed by atoms with Crippen molar-refractivity contribution in [2.45, 2.75) is 6.10 Å². The molecule has 2 heterocycles. The number of fused-ring (bicyclic) bond motifs is 1. The Bertz CT molecular complexity index is 1260. The van der Waals surface area contributed by atoms with E-state index in [0.717, 1.165) is 16.5 Å². The van der Waals surface area contributed by atoms with E-state index in [1.807, 2.05) is 25.2 Å². The van der Waals surface area contributed by atoms with Crippen molar-refractivity contribution in [1.82, 2.24) is 14.8 Å². The molecular formula is C22H17ClN4O3. The van der Waals surface area contributed by atoms with Gasteiger partial charge in [0.15, 0.2) is 0 Å². The lowest BCUT2D eigenvalue weighted by molar-refractivity contribution is 0.0956. The third-order valence-electron chi connectivity index (χ3n) is 4.71. The predicted molar refractivity (Wildman–Crippen MR) is 112 cm³/mol. The Balaban J connectivity index is 1.65. The molecule has 2 aromatic heterocycles. The molecular weight excluding hydrogens is 404 g/mol. The molecule has 150 valence electrons. The minimum atomic E-state index is -1.08. The average molecular weight is 421 g/mol. The number of pyridine rings is 1. The smallest absolute Gasteiger partial charge is 0.141 e. The van der Waals surface area contributed by atoms with Crippen LogP contribution >= 0.6 is 11.6 Å². The second kappa shape index (κ2) is 8.13. The van der Waals surface area contributed by atoms with Gasteiger partial charge in [-0.05, 0) is 54.1 Å². The van der Waals surface area contributed by atoms with Crippen LogP contribution in [0.5, 0.6) is 11.5 Å². The maximum absolute atomic E-state index is 9.91. The van der Waals surface area contributed by atoms with Crippen molar-refractivity contribution in [3.63, 3.8) is 0 Å². The number of hydrogen-bond acceptors (Lipinski definition) is 6. The fourth-order valence-corrected chi connectivity index (χ4v) is 3.47. The zero-order chi connectivity index (χ0) is 21.3. The van der Waals surface area contributed by atoms with Crippen LogP contribution in [0.1, 0.15) is 17.4 Å². The fourth-order valence-electron chi connectivity index (χ4n) is 3.18. The maximum Gasteiger partial charge on any atom is 0.141 e. The zero-order valence-corrected chi connectivity index (χ0v) is 16.7. The summed E-state index contributed by atoms with van der Waals surface area (Å²) >= 11 is 6.26. The molecule has 4 rings (SSSR count). The largest absolute Gasteiger partial charge is 0.457 e. The van der Waals surface area contributed by atoms with Crippen LogP contribution in [0.25, 0.3) is 22.2 Å². The highest BCUT2D eigenvalue weighted by Gasteiger charge is 2.13. The Hall–Kier alpha value is -3.44. The molecule has 0 aliphatic rings. The van der Waals surface area contributed by atoms with Crippen molar-refractivity contribution in [3.8, 4) is 28.8 Å². The van der Waals surface area contributed by atoms with Gasteiger partial charge in [-0.25, -0.2) is 4.98 Å². The lowest BCUT2D eigenvalue weighted by Gasteiger charge is -2.11. The molecule has 0 saturated heterocycles. The summed E-state index contributed by atoms with van der Waals surface area (Å²) < 4.78 is 7.71. The number of aryl methyl sites for hydroxylation is 1. The van der Waals surface area contributed by atoms with Crippen molar-refractivity contribution in [3.05, 3.63) is 71.0 Å². The number of benzene rings is 2. The molecule has 0 bridgehead atoms. The summed E-state index contributed by atoms with van der Waals surface area (Å²) in [4.78, 5) is 4.29. The second-order valence-electron chi connectivity index (χ2n) is 6.68. The van der Waals surface area contributed by atoms with Crippen LogP contribution in [0.4, 0.5) is 0 Å². The monoisotopic (exact) mass is 420 g/mol. The van der Waals surface area contributed by atoms with Gasteiger partial charge in [-0.3, -0.25) is 4.68 Å². The molecule has 4 aromatic rings. The number of halogens is 1. The van der Waals surface area contributed by atoms with Gasteiger partial charge in [0.1, 0.15) is 29.4 Å². The Morgan fingerprint density at radius 3 is 2.67 bits per heavy atom. The zero-order valence-electron chi connectivity index (χ0n) is 16.0. The number of ether oxygens (including phenoxy) is 1. The molecule has 1 atom stereocenters. The van der Waals surface area contributed by atoms with Crippen LogP contribution < -0.4 is 4.74 Å². The summed E-state index contributed by atoms with van der Waals surface area (Å²) in [5.74, 6) is 1.24. The highest BCUT2D eigenvalue weighted by Crippen LogP contribution is 2.34. The summed E-state index contributed by atoms with van der Waals surface area (Å²) in [5, 5.41) is 34.0. The predicted octanol–water partition coefficient (Wildman–Crippen LogP) is 3.98. The highest BCUT2D eigenvalue weighted by atomic mass is 35.5. The minimum absolute atomic E-state index is 0.162. The van der Waals surface area contributed by atoms with E-state index in [0.29, 0.717) is 27.8 Å². The van der Waals surface area contributed by atoms with Crippen molar-refractivity contribution < 1.29 is 14.9 Å². The van der Waals surface area contributed by atoms with Gasteiger partial charge in [-0.15, -0.1) is 0 Å². The first kappa shape index (κ1) is 19.9. The Kier molecular flexibility index (Phi) is 5.38. The van der Waals surface area contributed by atoms with Crippen LogP contribution in [-0.4, -0.2) is 31.6 Å². The van der Waals surface area contributed by atoms with Gasteiger partial charge in [0.2, 0.25) is 0 Å². The average Bonchev–Trinajstić information content (AvgIpc) is 3.18.